The van der Waals surface area contributed by atoms with Gasteiger partial charge in [0, 0.05) is 18.5 Å². The van der Waals surface area contributed by atoms with Gasteiger partial charge in [0.2, 0.25) is 5.89 Å². The van der Waals surface area contributed by atoms with Crippen LogP contribution in [0, 0.1) is 0 Å². The van der Waals surface area contributed by atoms with E-state index in [0.29, 0.717) is 35.9 Å². The number of methoxy groups -OCH3 is 1. The Kier molecular flexibility index (Phi) is 3.97. The Hall–Kier alpha value is -2.57. The average molecular weight is 262 g/mol. The molecule has 1 amide bonds. The summed E-state index contributed by atoms with van der Waals surface area (Å²) in [6.45, 7) is 0.410. The van der Waals surface area contributed by atoms with E-state index in [4.69, 9.17) is 15.0 Å². The first-order valence-corrected chi connectivity index (χ1v) is 5.68. The summed E-state index contributed by atoms with van der Waals surface area (Å²) in [5.74, 6) is 0.748. The molecule has 0 aliphatic rings. The van der Waals surface area contributed by atoms with Gasteiger partial charge in [-0.25, -0.2) is 0 Å². The zero-order chi connectivity index (χ0) is 13.7. The number of nitrogen functional groups attached to an aromatic ring is 1. The number of benzene rings is 1. The van der Waals surface area contributed by atoms with Gasteiger partial charge < -0.3 is 20.3 Å². The van der Waals surface area contributed by atoms with Gasteiger partial charge in [-0.1, -0.05) is 5.16 Å². The van der Waals surface area contributed by atoms with Crippen molar-refractivity contribution in [1.29, 1.82) is 0 Å². The molecule has 2 aromatic rings. The number of nitrogens with one attached hydrogen (secondary N) is 1. The van der Waals surface area contributed by atoms with Crippen molar-refractivity contribution in [3.8, 4) is 5.75 Å². The maximum atomic E-state index is 11.9. The minimum Gasteiger partial charge on any atom is -0.495 e. The molecule has 0 aliphatic carbocycles. The van der Waals surface area contributed by atoms with Crippen LogP contribution in [-0.2, 0) is 6.42 Å². The Morgan fingerprint density at radius 1 is 1.53 bits per heavy atom. The summed E-state index contributed by atoms with van der Waals surface area (Å²) in [6, 6.07) is 4.86. The average Bonchev–Trinajstić information content (AvgIpc) is 2.92. The molecule has 100 valence electrons. The molecule has 0 radical (unpaired) electrons. The van der Waals surface area contributed by atoms with Crippen LogP contribution in [0.3, 0.4) is 0 Å². The summed E-state index contributed by atoms with van der Waals surface area (Å²) >= 11 is 0. The Labute approximate surface area is 109 Å². The van der Waals surface area contributed by atoms with Crippen molar-refractivity contribution in [3.63, 3.8) is 0 Å². The molecule has 1 aromatic heterocycles. The Balaban J connectivity index is 1.92. The van der Waals surface area contributed by atoms with Crippen molar-refractivity contribution in [3.05, 3.63) is 36.0 Å². The zero-order valence-corrected chi connectivity index (χ0v) is 10.4. The fourth-order valence-electron chi connectivity index (χ4n) is 1.54. The summed E-state index contributed by atoms with van der Waals surface area (Å²) in [6.07, 6.45) is 1.81. The SMILES string of the molecule is COc1cc(C(=O)NCCc2ncno2)ccc1N. The van der Waals surface area contributed by atoms with E-state index in [2.05, 4.69) is 15.5 Å². The van der Waals surface area contributed by atoms with Gasteiger partial charge in [0.15, 0.2) is 6.33 Å². The lowest BCUT2D eigenvalue weighted by Crippen LogP contribution is -2.25. The molecule has 19 heavy (non-hydrogen) atoms. The molecule has 0 unspecified atom stereocenters. The van der Waals surface area contributed by atoms with E-state index in [9.17, 15) is 4.79 Å². The Morgan fingerprint density at radius 3 is 3.05 bits per heavy atom. The highest BCUT2D eigenvalue weighted by molar-refractivity contribution is 5.95. The second-order valence-electron chi connectivity index (χ2n) is 3.80. The number of rotatable bonds is 5. The monoisotopic (exact) mass is 262 g/mol. The van der Waals surface area contributed by atoms with Gasteiger partial charge in [-0.15, -0.1) is 0 Å². The number of anilines is 1. The van der Waals surface area contributed by atoms with Crippen molar-refractivity contribution in [2.45, 2.75) is 6.42 Å². The minimum atomic E-state index is -0.210. The first kappa shape index (κ1) is 12.9. The summed E-state index contributed by atoms with van der Waals surface area (Å²) in [5, 5.41) is 6.23. The van der Waals surface area contributed by atoms with Gasteiger partial charge in [-0.2, -0.15) is 4.98 Å². The van der Waals surface area contributed by atoms with Gasteiger partial charge in [-0.05, 0) is 18.2 Å². The topological polar surface area (TPSA) is 103 Å². The number of amides is 1. The highest BCUT2D eigenvalue weighted by Gasteiger charge is 2.09. The van der Waals surface area contributed by atoms with Crippen LogP contribution >= 0.6 is 0 Å². The highest BCUT2D eigenvalue weighted by Crippen LogP contribution is 2.21. The quantitative estimate of drug-likeness (QED) is 0.766. The molecule has 0 fully saturated rings. The third-order valence-electron chi connectivity index (χ3n) is 2.53. The third kappa shape index (κ3) is 3.21. The largest absolute Gasteiger partial charge is 0.495 e. The first-order valence-electron chi connectivity index (χ1n) is 5.68. The number of hydrogen-bond acceptors (Lipinski definition) is 6. The van der Waals surface area contributed by atoms with E-state index >= 15 is 0 Å². The first-order chi connectivity index (χ1) is 9.20. The molecule has 0 saturated heterocycles. The summed E-state index contributed by atoms with van der Waals surface area (Å²) in [4.78, 5) is 15.7. The van der Waals surface area contributed by atoms with Crippen LogP contribution in [0.25, 0.3) is 0 Å². The molecule has 7 nitrogen and oxygen atoms in total. The van der Waals surface area contributed by atoms with Crippen LogP contribution in [-0.4, -0.2) is 29.7 Å². The number of ether oxygens (including phenoxy) is 1. The smallest absolute Gasteiger partial charge is 0.251 e. The van der Waals surface area contributed by atoms with Gasteiger partial charge >= 0.3 is 0 Å². The lowest BCUT2D eigenvalue weighted by molar-refractivity contribution is 0.0953. The van der Waals surface area contributed by atoms with Crippen molar-refractivity contribution < 1.29 is 14.1 Å². The summed E-state index contributed by atoms with van der Waals surface area (Å²) < 4.78 is 9.89. The second-order valence-corrected chi connectivity index (χ2v) is 3.80. The molecular formula is C12H14N4O3. The van der Waals surface area contributed by atoms with Crippen molar-refractivity contribution in [1.82, 2.24) is 15.5 Å². The van der Waals surface area contributed by atoms with E-state index < -0.39 is 0 Å². The Morgan fingerprint density at radius 2 is 2.37 bits per heavy atom. The van der Waals surface area contributed by atoms with Crippen molar-refractivity contribution in [2.24, 2.45) is 0 Å². The van der Waals surface area contributed by atoms with Gasteiger partial charge in [0.05, 0.1) is 12.8 Å². The number of hydrogen-bond donors (Lipinski definition) is 2. The Bertz CT molecular complexity index is 554. The van der Waals surface area contributed by atoms with Crippen LogP contribution in [0.1, 0.15) is 16.2 Å². The van der Waals surface area contributed by atoms with Crippen LogP contribution in [0.2, 0.25) is 0 Å². The summed E-state index contributed by atoms with van der Waals surface area (Å²) in [7, 11) is 1.50. The molecule has 0 aliphatic heterocycles. The van der Waals surface area contributed by atoms with E-state index in [1.54, 1.807) is 18.2 Å². The molecule has 1 heterocycles. The number of aromatic nitrogens is 2. The fraction of sp³-hybridized carbons (Fsp3) is 0.250. The molecule has 0 saturated carbocycles. The number of nitrogens with two attached hydrogens (primary N) is 1. The fourth-order valence-corrected chi connectivity index (χ4v) is 1.54. The third-order valence-corrected chi connectivity index (χ3v) is 2.53. The van der Waals surface area contributed by atoms with E-state index in [1.165, 1.54) is 13.4 Å². The zero-order valence-electron chi connectivity index (χ0n) is 10.4. The maximum Gasteiger partial charge on any atom is 0.251 e. The highest BCUT2D eigenvalue weighted by atomic mass is 16.5. The molecule has 3 N–H and O–H groups in total. The maximum absolute atomic E-state index is 11.9. The lowest BCUT2D eigenvalue weighted by atomic mass is 10.1. The number of carbonyl (C=O) groups excluding carboxylic acids is 1. The van der Waals surface area contributed by atoms with E-state index in [1.807, 2.05) is 0 Å². The number of carbonyl (C=O) groups is 1. The normalized spacial score (nSPS) is 10.2. The molecular weight excluding hydrogens is 248 g/mol. The van der Waals surface area contributed by atoms with Crippen molar-refractivity contribution in [2.75, 3.05) is 19.4 Å². The van der Waals surface area contributed by atoms with E-state index in [-0.39, 0.29) is 5.91 Å². The molecule has 0 spiro atoms. The predicted octanol–water partition coefficient (Wildman–Crippen LogP) is 0.633. The van der Waals surface area contributed by atoms with Crippen LogP contribution in [0.15, 0.2) is 29.0 Å². The second kappa shape index (κ2) is 5.85. The minimum absolute atomic E-state index is 0.210. The van der Waals surface area contributed by atoms with Gasteiger partial charge in [-0.3, -0.25) is 4.79 Å². The molecule has 0 bridgehead atoms. The predicted molar refractivity (Wildman–Crippen MR) is 67.7 cm³/mol. The van der Waals surface area contributed by atoms with Gasteiger partial charge in [0.25, 0.3) is 5.91 Å². The van der Waals surface area contributed by atoms with Crippen molar-refractivity contribution >= 4 is 11.6 Å². The van der Waals surface area contributed by atoms with Crippen LogP contribution in [0.4, 0.5) is 5.69 Å². The van der Waals surface area contributed by atoms with Crippen LogP contribution in [0.5, 0.6) is 5.75 Å². The lowest BCUT2D eigenvalue weighted by Gasteiger charge is -2.07. The number of nitrogens with zero attached hydrogens (tertiary/aromatic N) is 2. The van der Waals surface area contributed by atoms with Gasteiger partial charge in [0.1, 0.15) is 5.75 Å². The van der Waals surface area contributed by atoms with E-state index in [0.717, 1.165) is 0 Å². The molecule has 0 atom stereocenters. The molecule has 7 heteroatoms. The standard InChI is InChI=1S/C12H14N4O3/c1-18-10-6-8(2-3-9(10)13)12(17)14-5-4-11-15-7-16-19-11/h2-3,6-7H,4-5,13H2,1H3,(H,14,17). The molecule has 1 aromatic carbocycles. The summed E-state index contributed by atoms with van der Waals surface area (Å²) in [5.41, 5.74) is 6.65. The van der Waals surface area contributed by atoms with Crippen LogP contribution < -0.4 is 15.8 Å². The molecule has 2 rings (SSSR count).